The van der Waals surface area contributed by atoms with Crippen molar-refractivity contribution in [1.29, 1.82) is 0 Å². The number of anilines is 1. The first-order valence-electron chi connectivity index (χ1n) is 9.56. The Morgan fingerprint density at radius 2 is 1.77 bits per heavy atom. The van der Waals surface area contributed by atoms with Crippen molar-refractivity contribution < 1.29 is 8.78 Å². The molecule has 0 saturated carbocycles. The number of hydrogen-bond acceptors (Lipinski definition) is 5. The van der Waals surface area contributed by atoms with Crippen LogP contribution in [0.1, 0.15) is 18.5 Å². The molecule has 0 spiro atoms. The van der Waals surface area contributed by atoms with E-state index in [-0.39, 0.29) is 17.8 Å². The molecule has 4 aromatic heterocycles. The van der Waals surface area contributed by atoms with E-state index >= 15 is 0 Å². The fraction of sp³-hybridized carbons (Fsp3) is 0.0909. The Hall–Kier alpha value is -4.14. The second-order valence-corrected chi connectivity index (χ2v) is 7.19. The molecule has 0 fully saturated rings. The van der Waals surface area contributed by atoms with E-state index in [1.54, 1.807) is 46.0 Å². The molecule has 0 aliphatic carbocycles. The minimum atomic E-state index is -0.592. The molecule has 1 aromatic carbocycles. The number of pyridine rings is 2. The predicted molar refractivity (Wildman–Crippen MR) is 112 cm³/mol. The topological polar surface area (TPSA) is 86.9 Å². The van der Waals surface area contributed by atoms with Gasteiger partial charge in [0.2, 0.25) is 11.9 Å². The third-order valence-corrected chi connectivity index (χ3v) is 5.19. The molecule has 0 amide bonds. The second-order valence-electron chi connectivity index (χ2n) is 7.19. The first kappa shape index (κ1) is 18.9. The molecule has 0 aliphatic rings. The molecule has 0 saturated heterocycles. The molecule has 5 rings (SSSR count). The van der Waals surface area contributed by atoms with Crippen LogP contribution in [0.15, 0.2) is 67.3 Å². The largest absolute Gasteiger partial charge is 0.366 e. The van der Waals surface area contributed by atoms with Crippen molar-refractivity contribution in [3.8, 4) is 22.3 Å². The van der Waals surface area contributed by atoms with E-state index in [0.717, 1.165) is 16.7 Å². The third-order valence-electron chi connectivity index (χ3n) is 5.19. The highest BCUT2D eigenvalue weighted by atomic mass is 19.1. The van der Waals surface area contributed by atoms with Crippen LogP contribution in [0.5, 0.6) is 0 Å². The maximum Gasteiger partial charge on any atom is 0.240 e. The summed E-state index contributed by atoms with van der Waals surface area (Å²) in [6.45, 7) is 1.94. The molecule has 7 nitrogen and oxygen atoms in total. The average Bonchev–Trinajstić information content (AvgIpc) is 3.39. The number of rotatable bonds is 4. The Morgan fingerprint density at radius 1 is 0.968 bits per heavy atom. The van der Waals surface area contributed by atoms with Crippen LogP contribution in [0.4, 0.5) is 14.7 Å². The SMILES string of the molecule is CC(c1ccc(F)cc1)n1cc(-c2cc(-c3ccn4nc(N)nc4c3)cnc2F)cn1. The molecular weight excluding hydrogens is 400 g/mol. The monoisotopic (exact) mass is 417 g/mol. The number of halogens is 2. The molecule has 0 aliphatic heterocycles. The van der Waals surface area contributed by atoms with E-state index in [1.165, 1.54) is 18.3 Å². The van der Waals surface area contributed by atoms with Crippen LogP contribution in [-0.4, -0.2) is 29.4 Å². The average molecular weight is 417 g/mol. The highest BCUT2D eigenvalue weighted by Crippen LogP contribution is 2.29. The van der Waals surface area contributed by atoms with E-state index in [9.17, 15) is 8.78 Å². The summed E-state index contributed by atoms with van der Waals surface area (Å²) in [4.78, 5) is 8.08. The Balaban J connectivity index is 1.50. The Labute approximate surface area is 175 Å². The molecule has 0 radical (unpaired) electrons. The van der Waals surface area contributed by atoms with Crippen LogP contribution in [0.2, 0.25) is 0 Å². The zero-order valence-corrected chi connectivity index (χ0v) is 16.4. The van der Waals surface area contributed by atoms with E-state index in [0.29, 0.717) is 16.8 Å². The lowest BCUT2D eigenvalue weighted by Gasteiger charge is -2.12. The summed E-state index contributed by atoms with van der Waals surface area (Å²) in [6.07, 6.45) is 6.54. The molecule has 5 aromatic rings. The number of nitrogens with zero attached hydrogens (tertiary/aromatic N) is 6. The smallest absolute Gasteiger partial charge is 0.240 e. The van der Waals surface area contributed by atoms with Gasteiger partial charge >= 0.3 is 0 Å². The molecule has 1 atom stereocenters. The normalized spacial score (nSPS) is 12.4. The molecule has 2 N–H and O–H groups in total. The Morgan fingerprint density at radius 3 is 2.58 bits per heavy atom. The zero-order valence-electron chi connectivity index (χ0n) is 16.4. The maximum atomic E-state index is 14.6. The van der Waals surface area contributed by atoms with Gasteiger partial charge in [0.25, 0.3) is 0 Å². The van der Waals surface area contributed by atoms with Crippen molar-refractivity contribution in [2.75, 3.05) is 5.73 Å². The molecule has 1 unspecified atom stereocenters. The van der Waals surface area contributed by atoms with Gasteiger partial charge in [0.1, 0.15) is 5.82 Å². The number of benzene rings is 1. The highest BCUT2D eigenvalue weighted by molar-refractivity contribution is 5.73. The van der Waals surface area contributed by atoms with Gasteiger partial charge in [0, 0.05) is 35.3 Å². The van der Waals surface area contributed by atoms with Gasteiger partial charge in [-0.3, -0.25) is 4.68 Å². The van der Waals surface area contributed by atoms with Crippen LogP contribution in [-0.2, 0) is 0 Å². The lowest BCUT2D eigenvalue weighted by Crippen LogP contribution is -2.06. The second kappa shape index (κ2) is 7.28. The molecular formula is C22H17F2N7. The fourth-order valence-corrected chi connectivity index (χ4v) is 3.47. The van der Waals surface area contributed by atoms with Crippen LogP contribution in [0, 0.1) is 11.8 Å². The number of nitrogens with two attached hydrogens (primary N) is 1. The van der Waals surface area contributed by atoms with Crippen LogP contribution in [0.3, 0.4) is 0 Å². The van der Waals surface area contributed by atoms with E-state index in [4.69, 9.17) is 5.73 Å². The van der Waals surface area contributed by atoms with Crippen LogP contribution >= 0.6 is 0 Å². The maximum absolute atomic E-state index is 14.6. The Kier molecular flexibility index (Phi) is 4.43. The summed E-state index contributed by atoms with van der Waals surface area (Å²) in [6, 6.07) is 11.4. The number of nitrogen functional groups attached to an aromatic ring is 1. The van der Waals surface area contributed by atoms with Crippen molar-refractivity contribution in [1.82, 2.24) is 29.4 Å². The van der Waals surface area contributed by atoms with Gasteiger partial charge in [-0.25, -0.2) is 13.9 Å². The van der Waals surface area contributed by atoms with Crippen molar-refractivity contribution in [2.45, 2.75) is 13.0 Å². The molecule has 154 valence electrons. The minimum Gasteiger partial charge on any atom is -0.366 e. The highest BCUT2D eigenvalue weighted by Gasteiger charge is 2.15. The predicted octanol–water partition coefficient (Wildman–Crippen LogP) is 4.12. The van der Waals surface area contributed by atoms with Gasteiger partial charge < -0.3 is 5.73 Å². The third kappa shape index (κ3) is 3.50. The van der Waals surface area contributed by atoms with Crippen molar-refractivity contribution >= 4 is 11.6 Å². The number of hydrogen-bond donors (Lipinski definition) is 1. The summed E-state index contributed by atoms with van der Waals surface area (Å²) in [7, 11) is 0. The summed E-state index contributed by atoms with van der Waals surface area (Å²) in [5.74, 6) is -0.711. The van der Waals surface area contributed by atoms with Crippen molar-refractivity contribution in [3.05, 3.63) is 84.6 Å². The first-order valence-corrected chi connectivity index (χ1v) is 9.56. The minimum absolute atomic E-state index is 0.144. The van der Waals surface area contributed by atoms with Crippen LogP contribution in [0.25, 0.3) is 27.9 Å². The number of fused-ring (bicyclic) bond motifs is 1. The molecule has 31 heavy (non-hydrogen) atoms. The van der Waals surface area contributed by atoms with Gasteiger partial charge in [0.05, 0.1) is 12.2 Å². The number of aromatic nitrogens is 6. The molecule has 0 bridgehead atoms. The molecule has 4 heterocycles. The Bertz CT molecular complexity index is 1390. The van der Waals surface area contributed by atoms with E-state index < -0.39 is 5.95 Å². The first-order chi connectivity index (χ1) is 15.0. The standard InChI is InChI=1S/C22H17F2N7/c1-13(14-2-4-18(23)5-3-14)31-12-17(11-27-31)19-8-16(10-26-21(19)24)15-6-7-30-20(9-15)28-22(25)29-30/h2-13H,1H3,(H2,25,29). The van der Waals surface area contributed by atoms with Gasteiger partial charge in [-0.2, -0.15) is 14.5 Å². The van der Waals surface area contributed by atoms with Gasteiger partial charge in [-0.1, -0.05) is 12.1 Å². The van der Waals surface area contributed by atoms with Crippen molar-refractivity contribution in [3.63, 3.8) is 0 Å². The summed E-state index contributed by atoms with van der Waals surface area (Å²) in [5, 5.41) is 8.42. The van der Waals surface area contributed by atoms with Gasteiger partial charge in [-0.05, 0) is 48.4 Å². The quantitative estimate of drug-likeness (QED) is 0.445. The summed E-state index contributed by atoms with van der Waals surface area (Å²) < 4.78 is 31.0. The zero-order chi connectivity index (χ0) is 21.5. The lowest BCUT2D eigenvalue weighted by molar-refractivity contribution is 0.561. The lowest BCUT2D eigenvalue weighted by atomic mass is 10.0. The summed E-state index contributed by atoms with van der Waals surface area (Å²) in [5.41, 5.74) is 9.57. The molecule has 9 heteroatoms. The van der Waals surface area contributed by atoms with E-state index in [1.807, 2.05) is 19.1 Å². The summed E-state index contributed by atoms with van der Waals surface area (Å²) >= 11 is 0. The van der Waals surface area contributed by atoms with Gasteiger partial charge in [-0.15, -0.1) is 5.10 Å². The van der Waals surface area contributed by atoms with Crippen molar-refractivity contribution in [2.24, 2.45) is 0 Å². The fourth-order valence-electron chi connectivity index (χ4n) is 3.47. The van der Waals surface area contributed by atoms with E-state index in [2.05, 4.69) is 20.2 Å². The van der Waals surface area contributed by atoms with Crippen LogP contribution < -0.4 is 5.73 Å². The van der Waals surface area contributed by atoms with Gasteiger partial charge in [0.15, 0.2) is 5.65 Å².